The lowest BCUT2D eigenvalue weighted by Gasteiger charge is -2.32. The van der Waals surface area contributed by atoms with Crippen LogP contribution >= 0.6 is 60.4 Å². The molecule has 3 aliphatic rings. The van der Waals surface area contributed by atoms with Crippen LogP contribution < -0.4 is 16.5 Å². The van der Waals surface area contributed by atoms with Crippen molar-refractivity contribution >= 4 is 83.4 Å². The molecule has 228 valence electrons. The average Bonchev–Trinajstić information content (AvgIpc) is 3.58. The topological polar surface area (TPSA) is 96.9 Å². The van der Waals surface area contributed by atoms with Crippen molar-refractivity contribution in [1.82, 2.24) is 24.5 Å². The van der Waals surface area contributed by atoms with Crippen molar-refractivity contribution in [1.29, 1.82) is 0 Å². The Morgan fingerprint density at radius 1 is 0.902 bits per heavy atom. The highest BCUT2D eigenvalue weighted by molar-refractivity contribution is 6.35. The van der Waals surface area contributed by atoms with Gasteiger partial charge in [-0.15, -0.1) is 37.2 Å². The monoisotopic (exact) mass is 664 g/mol. The van der Waals surface area contributed by atoms with Crippen LogP contribution in [0.15, 0.2) is 24.5 Å². The number of fused-ring (bicyclic) bond motifs is 1. The largest absolute Gasteiger partial charge is 0.351 e. The number of anilines is 2. The summed E-state index contributed by atoms with van der Waals surface area (Å²) in [7, 11) is 0. The number of nitrogens with one attached hydrogen (secondary N) is 2. The summed E-state index contributed by atoms with van der Waals surface area (Å²) >= 11 is 12.5. The molecule has 1 aliphatic heterocycles. The Balaban J connectivity index is 0.00000154. The van der Waals surface area contributed by atoms with E-state index in [1.807, 2.05) is 18.5 Å². The zero-order valence-corrected chi connectivity index (χ0v) is 27.1. The SMILES string of the molecule is Cl.Cl.Cl.NC1CCC(Nc2nc(NN3CCC(Cc4ccc(Cl)cc4Cl)CC3)c3ncn(C4CCCC4)c3n2)CC1. The number of piperidine rings is 1. The van der Waals surface area contributed by atoms with Gasteiger partial charge in [-0.25, -0.2) is 9.99 Å². The second-order valence-electron chi connectivity index (χ2n) is 11.4. The van der Waals surface area contributed by atoms with Crippen LogP contribution in [0.3, 0.4) is 0 Å². The molecule has 41 heavy (non-hydrogen) atoms. The molecule has 1 aromatic carbocycles. The molecule has 0 bridgehead atoms. The van der Waals surface area contributed by atoms with E-state index in [2.05, 4.69) is 26.4 Å². The molecule has 2 aliphatic carbocycles. The average molecular weight is 667 g/mol. The molecule has 0 spiro atoms. The molecular formula is C28H41Cl5N8. The first kappa shape index (κ1) is 34.2. The van der Waals surface area contributed by atoms with E-state index in [-0.39, 0.29) is 37.2 Å². The summed E-state index contributed by atoms with van der Waals surface area (Å²) < 4.78 is 2.28. The Morgan fingerprint density at radius 3 is 2.29 bits per heavy atom. The number of nitrogens with zero attached hydrogens (tertiary/aromatic N) is 5. The zero-order chi connectivity index (χ0) is 26.1. The molecule has 1 saturated heterocycles. The standard InChI is InChI=1S/C28H38Cl2N8.3ClH/c29-20-6-5-19(24(30)16-20)15-18-11-13-37(14-12-18)36-26-25-27(38(17-32-25)23-3-1-2-4-23)35-28(34-26)33-22-9-7-21(31)8-10-22;;;/h5-6,16-18,21-23H,1-4,7-15,31H2,(H2,33,34,35,36);3*1H. The minimum Gasteiger partial charge on any atom is -0.351 e. The minimum absolute atomic E-state index is 0. The minimum atomic E-state index is 0. The smallest absolute Gasteiger partial charge is 0.227 e. The number of nitrogens with two attached hydrogens (primary N) is 1. The van der Waals surface area contributed by atoms with E-state index < -0.39 is 0 Å². The predicted octanol–water partition coefficient (Wildman–Crippen LogP) is 7.48. The van der Waals surface area contributed by atoms with Gasteiger partial charge in [0.05, 0.1) is 6.33 Å². The van der Waals surface area contributed by atoms with Gasteiger partial charge in [-0.05, 0) is 81.4 Å². The lowest BCUT2D eigenvalue weighted by molar-refractivity contribution is 0.216. The van der Waals surface area contributed by atoms with Crippen LogP contribution in [0.1, 0.15) is 75.8 Å². The molecule has 0 amide bonds. The number of hydrogen-bond acceptors (Lipinski definition) is 7. The molecular weight excluding hydrogens is 626 g/mol. The fraction of sp³-hybridized carbons (Fsp3) is 0.607. The van der Waals surface area contributed by atoms with Crippen molar-refractivity contribution in [3.63, 3.8) is 0 Å². The first-order valence-corrected chi connectivity index (χ1v) is 15.0. The molecule has 0 radical (unpaired) electrons. The summed E-state index contributed by atoms with van der Waals surface area (Å²) in [4.78, 5) is 14.7. The Labute approximate surface area is 271 Å². The lowest BCUT2D eigenvalue weighted by atomic mass is 9.91. The fourth-order valence-corrected chi connectivity index (χ4v) is 6.84. The van der Waals surface area contributed by atoms with Crippen LogP contribution in [0.25, 0.3) is 11.2 Å². The summed E-state index contributed by atoms with van der Waals surface area (Å²) in [5.41, 5.74) is 12.7. The summed E-state index contributed by atoms with van der Waals surface area (Å²) in [6, 6.07) is 6.97. The second kappa shape index (κ2) is 15.5. The van der Waals surface area contributed by atoms with E-state index in [1.165, 1.54) is 31.2 Å². The van der Waals surface area contributed by atoms with Gasteiger partial charge in [0, 0.05) is 41.3 Å². The van der Waals surface area contributed by atoms with E-state index >= 15 is 0 Å². The van der Waals surface area contributed by atoms with Gasteiger partial charge in [0.25, 0.3) is 0 Å². The third-order valence-corrected chi connectivity index (χ3v) is 9.23. The molecule has 2 aromatic heterocycles. The third-order valence-electron chi connectivity index (χ3n) is 8.65. The van der Waals surface area contributed by atoms with Crippen LogP contribution in [0.4, 0.5) is 11.8 Å². The van der Waals surface area contributed by atoms with Crippen molar-refractivity contribution in [2.75, 3.05) is 23.8 Å². The molecule has 3 heterocycles. The molecule has 13 heteroatoms. The summed E-state index contributed by atoms with van der Waals surface area (Å²) in [6.07, 6.45) is 14.2. The van der Waals surface area contributed by atoms with Crippen molar-refractivity contribution < 1.29 is 0 Å². The highest BCUT2D eigenvalue weighted by Gasteiger charge is 2.26. The van der Waals surface area contributed by atoms with E-state index in [0.717, 1.165) is 80.0 Å². The third kappa shape index (κ3) is 8.22. The number of imidazole rings is 1. The number of rotatable bonds is 7. The van der Waals surface area contributed by atoms with E-state index in [1.54, 1.807) is 0 Å². The van der Waals surface area contributed by atoms with Crippen molar-refractivity contribution in [2.45, 2.75) is 88.8 Å². The summed E-state index contributed by atoms with van der Waals surface area (Å²) in [5.74, 6) is 2.07. The number of aromatic nitrogens is 4. The van der Waals surface area contributed by atoms with Gasteiger partial charge in [-0.2, -0.15) is 9.97 Å². The Bertz CT molecular complexity index is 1250. The Kier molecular flexibility index (Phi) is 12.9. The molecule has 6 rings (SSSR count). The molecule has 4 N–H and O–H groups in total. The highest BCUT2D eigenvalue weighted by Crippen LogP contribution is 2.34. The van der Waals surface area contributed by atoms with Crippen LogP contribution in [-0.2, 0) is 6.42 Å². The maximum atomic E-state index is 6.44. The molecule has 0 atom stereocenters. The number of halogens is 5. The maximum absolute atomic E-state index is 6.44. The van der Waals surface area contributed by atoms with Crippen molar-refractivity contribution in [3.05, 3.63) is 40.1 Å². The van der Waals surface area contributed by atoms with E-state index in [4.69, 9.17) is 43.9 Å². The Morgan fingerprint density at radius 2 is 1.61 bits per heavy atom. The van der Waals surface area contributed by atoms with Crippen LogP contribution in [0, 0.1) is 5.92 Å². The van der Waals surface area contributed by atoms with E-state index in [0.29, 0.717) is 35.0 Å². The van der Waals surface area contributed by atoms with Gasteiger partial charge in [-0.3, -0.25) is 0 Å². The fourth-order valence-electron chi connectivity index (χ4n) is 6.35. The highest BCUT2D eigenvalue weighted by atomic mass is 35.5. The van der Waals surface area contributed by atoms with Gasteiger partial charge >= 0.3 is 0 Å². The first-order valence-electron chi connectivity index (χ1n) is 14.2. The van der Waals surface area contributed by atoms with Gasteiger partial charge in [0.15, 0.2) is 17.0 Å². The molecule has 0 unspecified atom stereocenters. The lowest BCUT2D eigenvalue weighted by Crippen LogP contribution is -2.39. The predicted molar refractivity (Wildman–Crippen MR) is 177 cm³/mol. The maximum Gasteiger partial charge on any atom is 0.227 e. The second-order valence-corrected chi connectivity index (χ2v) is 12.2. The van der Waals surface area contributed by atoms with Gasteiger partial charge in [0.2, 0.25) is 5.95 Å². The van der Waals surface area contributed by atoms with Gasteiger partial charge < -0.3 is 21.0 Å². The normalized spacial score (nSPS) is 22.0. The molecule has 8 nitrogen and oxygen atoms in total. The van der Waals surface area contributed by atoms with E-state index in [9.17, 15) is 0 Å². The van der Waals surface area contributed by atoms with Gasteiger partial charge in [-0.1, -0.05) is 42.1 Å². The number of benzene rings is 1. The first-order chi connectivity index (χ1) is 18.5. The quantitative estimate of drug-likeness (QED) is 0.241. The molecule has 3 aromatic rings. The molecule has 2 saturated carbocycles. The summed E-state index contributed by atoms with van der Waals surface area (Å²) in [5, 5.41) is 7.35. The number of hydrogen-bond donors (Lipinski definition) is 3. The van der Waals surface area contributed by atoms with Crippen molar-refractivity contribution in [2.24, 2.45) is 11.7 Å². The van der Waals surface area contributed by atoms with Gasteiger partial charge in [0.1, 0.15) is 0 Å². The van der Waals surface area contributed by atoms with Crippen LogP contribution in [0.5, 0.6) is 0 Å². The zero-order valence-electron chi connectivity index (χ0n) is 23.1. The Hall–Kier alpha value is -1.26. The van der Waals surface area contributed by atoms with Crippen LogP contribution in [-0.4, -0.2) is 49.7 Å². The molecule has 3 fully saturated rings. The van der Waals surface area contributed by atoms with Crippen molar-refractivity contribution in [3.8, 4) is 0 Å². The summed E-state index contributed by atoms with van der Waals surface area (Å²) in [6.45, 7) is 1.88. The number of hydrazine groups is 1. The van der Waals surface area contributed by atoms with Crippen LogP contribution in [0.2, 0.25) is 10.0 Å².